The Morgan fingerprint density at radius 3 is 2.82 bits per heavy atom. The molecule has 5 atom stereocenters. The monoisotopic (exact) mass is 307 g/mol. The molecular weight excluding hydrogens is 282 g/mol. The van der Waals surface area contributed by atoms with E-state index in [4.69, 9.17) is 9.47 Å². The summed E-state index contributed by atoms with van der Waals surface area (Å²) < 4.78 is 11.0. The van der Waals surface area contributed by atoms with Crippen molar-refractivity contribution >= 4 is 0 Å². The molecule has 3 rings (SSSR count). The zero-order chi connectivity index (χ0) is 15.6. The number of nitrogens with one attached hydrogen (secondary N) is 1. The predicted molar refractivity (Wildman–Crippen MR) is 82.5 cm³/mol. The van der Waals surface area contributed by atoms with Crippen molar-refractivity contribution in [2.24, 2.45) is 5.92 Å². The summed E-state index contributed by atoms with van der Waals surface area (Å²) in [5, 5.41) is 24.6. The molecule has 1 aromatic rings. The van der Waals surface area contributed by atoms with E-state index in [1.807, 2.05) is 18.2 Å². The Hall–Kier alpha value is -0.980. The summed E-state index contributed by atoms with van der Waals surface area (Å²) in [6, 6.07) is 9.72. The van der Waals surface area contributed by atoms with Gasteiger partial charge in [-0.1, -0.05) is 30.3 Å². The maximum Gasteiger partial charge on any atom is 0.109 e. The largest absolute Gasteiger partial charge is 0.391 e. The van der Waals surface area contributed by atoms with Gasteiger partial charge < -0.3 is 25.0 Å². The third-order valence-electron chi connectivity index (χ3n) is 5.01. The fourth-order valence-corrected chi connectivity index (χ4v) is 3.82. The second kappa shape index (κ2) is 6.64. The summed E-state index contributed by atoms with van der Waals surface area (Å²) in [7, 11) is 1.64. The summed E-state index contributed by atoms with van der Waals surface area (Å²) in [5.41, 5.74) is 0.133. The van der Waals surface area contributed by atoms with Crippen LogP contribution in [0.4, 0.5) is 0 Å². The first-order chi connectivity index (χ1) is 10.6. The maximum atomic E-state index is 11.0. The van der Waals surface area contributed by atoms with Crippen LogP contribution < -0.4 is 5.32 Å². The van der Waals surface area contributed by atoms with Gasteiger partial charge >= 0.3 is 0 Å². The minimum absolute atomic E-state index is 0.00333. The van der Waals surface area contributed by atoms with E-state index in [0.29, 0.717) is 19.6 Å². The number of aliphatic hydroxyl groups excluding tert-OH is 1. The van der Waals surface area contributed by atoms with E-state index >= 15 is 0 Å². The van der Waals surface area contributed by atoms with E-state index in [1.54, 1.807) is 7.11 Å². The minimum atomic E-state index is -1.00. The van der Waals surface area contributed by atoms with Crippen LogP contribution in [0.3, 0.4) is 0 Å². The van der Waals surface area contributed by atoms with Crippen LogP contribution in [0.2, 0.25) is 0 Å². The molecule has 2 aliphatic rings. The summed E-state index contributed by atoms with van der Waals surface area (Å²) in [4.78, 5) is 0. The van der Waals surface area contributed by atoms with Crippen molar-refractivity contribution in [1.82, 2.24) is 5.32 Å². The van der Waals surface area contributed by atoms with Crippen LogP contribution in [0, 0.1) is 5.92 Å². The van der Waals surface area contributed by atoms with Crippen LogP contribution in [0.5, 0.6) is 0 Å². The van der Waals surface area contributed by atoms with Gasteiger partial charge in [-0.25, -0.2) is 0 Å². The van der Waals surface area contributed by atoms with Gasteiger partial charge in [0, 0.05) is 13.7 Å². The molecule has 3 N–H and O–H groups in total. The molecule has 1 aliphatic heterocycles. The number of ether oxygens (including phenoxy) is 2. The number of hydrogen-bond acceptors (Lipinski definition) is 5. The molecule has 0 radical (unpaired) electrons. The third-order valence-corrected chi connectivity index (χ3v) is 5.01. The highest BCUT2D eigenvalue weighted by atomic mass is 16.5. The van der Waals surface area contributed by atoms with Gasteiger partial charge in [-0.15, -0.1) is 0 Å². The minimum Gasteiger partial charge on any atom is -0.391 e. The Morgan fingerprint density at radius 2 is 2.09 bits per heavy atom. The highest BCUT2D eigenvalue weighted by molar-refractivity contribution is 5.20. The van der Waals surface area contributed by atoms with Crippen molar-refractivity contribution in [3.05, 3.63) is 35.9 Å². The SMILES string of the molecule is COCCN[C@H]1[C@H](O)C[C@@H]2C[C@H](c3ccccc3)OC[C@]21O. The van der Waals surface area contributed by atoms with Gasteiger partial charge in [0.1, 0.15) is 5.60 Å². The number of benzene rings is 1. The van der Waals surface area contributed by atoms with Gasteiger partial charge in [0.25, 0.3) is 0 Å². The fraction of sp³-hybridized carbons (Fsp3) is 0.647. The zero-order valence-corrected chi connectivity index (χ0v) is 12.9. The van der Waals surface area contributed by atoms with Crippen LogP contribution in [-0.4, -0.2) is 54.8 Å². The molecule has 0 bridgehead atoms. The van der Waals surface area contributed by atoms with Crippen LogP contribution >= 0.6 is 0 Å². The van der Waals surface area contributed by atoms with Gasteiger partial charge in [-0.3, -0.25) is 0 Å². The first-order valence-electron chi connectivity index (χ1n) is 7.94. The molecule has 0 unspecified atom stereocenters. The van der Waals surface area contributed by atoms with Crippen LogP contribution in [0.15, 0.2) is 30.3 Å². The molecule has 0 aromatic heterocycles. The van der Waals surface area contributed by atoms with Crippen molar-refractivity contribution in [2.45, 2.75) is 36.7 Å². The lowest BCUT2D eigenvalue weighted by atomic mass is 9.81. The zero-order valence-electron chi connectivity index (χ0n) is 12.9. The second-order valence-corrected chi connectivity index (χ2v) is 6.36. The van der Waals surface area contributed by atoms with Crippen LogP contribution in [-0.2, 0) is 9.47 Å². The third kappa shape index (κ3) is 2.92. The maximum absolute atomic E-state index is 11.0. The summed E-state index contributed by atoms with van der Waals surface area (Å²) in [6.07, 6.45) is 0.787. The smallest absolute Gasteiger partial charge is 0.109 e. The standard InChI is InChI=1S/C17H25NO4/c1-21-8-7-18-16-14(19)9-13-10-15(22-11-17(13,16)20)12-5-3-2-4-6-12/h2-6,13-16,18-20H,7-11H2,1H3/t13-,14-,15-,16+,17+/m1/s1. The van der Waals surface area contributed by atoms with Crippen molar-refractivity contribution in [1.29, 1.82) is 0 Å². The average Bonchev–Trinajstić information content (AvgIpc) is 2.78. The average molecular weight is 307 g/mol. The molecule has 5 nitrogen and oxygen atoms in total. The van der Waals surface area contributed by atoms with Crippen LogP contribution in [0.1, 0.15) is 24.5 Å². The quantitative estimate of drug-likeness (QED) is 0.704. The van der Waals surface area contributed by atoms with E-state index in [9.17, 15) is 10.2 Å². The molecule has 1 aromatic carbocycles. The molecular formula is C17H25NO4. The van der Waals surface area contributed by atoms with Gasteiger partial charge in [0.2, 0.25) is 0 Å². The molecule has 5 heteroatoms. The number of hydrogen-bond donors (Lipinski definition) is 3. The van der Waals surface area contributed by atoms with Gasteiger partial charge in [0.15, 0.2) is 0 Å². The van der Waals surface area contributed by atoms with Crippen LogP contribution in [0.25, 0.3) is 0 Å². The van der Waals surface area contributed by atoms with E-state index in [0.717, 1.165) is 12.0 Å². The number of fused-ring (bicyclic) bond motifs is 1. The molecule has 0 amide bonds. The Labute approximate surface area is 131 Å². The Kier molecular flexibility index (Phi) is 4.80. The molecule has 0 spiro atoms. The van der Waals surface area contributed by atoms with E-state index in [2.05, 4.69) is 17.4 Å². The van der Waals surface area contributed by atoms with Crippen molar-refractivity contribution in [2.75, 3.05) is 26.9 Å². The molecule has 1 saturated carbocycles. The Morgan fingerprint density at radius 1 is 1.32 bits per heavy atom. The molecule has 1 heterocycles. The van der Waals surface area contributed by atoms with Gasteiger partial charge in [-0.2, -0.15) is 0 Å². The van der Waals surface area contributed by atoms with Gasteiger partial charge in [0.05, 0.1) is 31.5 Å². The lowest BCUT2D eigenvalue weighted by Crippen LogP contribution is -2.59. The fourth-order valence-electron chi connectivity index (χ4n) is 3.82. The lowest BCUT2D eigenvalue weighted by Gasteiger charge is -2.42. The van der Waals surface area contributed by atoms with Crippen molar-refractivity contribution in [3.63, 3.8) is 0 Å². The number of methoxy groups -OCH3 is 1. The Bertz CT molecular complexity index is 483. The molecule has 122 valence electrons. The van der Waals surface area contributed by atoms with Gasteiger partial charge in [-0.05, 0) is 24.3 Å². The van der Waals surface area contributed by atoms with E-state index < -0.39 is 11.7 Å². The normalized spacial score (nSPS) is 38.0. The second-order valence-electron chi connectivity index (χ2n) is 6.36. The lowest BCUT2D eigenvalue weighted by molar-refractivity contribution is -0.156. The van der Waals surface area contributed by atoms with E-state index in [1.165, 1.54) is 0 Å². The summed E-state index contributed by atoms with van der Waals surface area (Å²) >= 11 is 0. The first kappa shape index (κ1) is 15.9. The first-order valence-corrected chi connectivity index (χ1v) is 7.94. The highest BCUT2D eigenvalue weighted by Crippen LogP contribution is 2.46. The Balaban J connectivity index is 1.69. The number of aliphatic hydroxyl groups is 2. The topological polar surface area (TPSA) is 71.0 Å². The molecule has 2 fully saturated rings. The molecule has 1 aliphatic carbocycles. The van der Waals surface area contributed by atoms with E-state index in [-0.39, 0.29) is 24.7 Å². The predicted octanol–water partition coefficient (Wildman–Crippen LogP) is 0.864. The molecule has 1 saturated heterocycles. The number of rotatable bonds is 5. The molecule has 22 heavy (non-hydrogen) atoms. The van der Waals surface area contributed by atoms with Crippen molar-refractivity contribution in [3.8, 4) is 0 Å². The summed E-state index contributed by atoms with van der Waals surface area (Å²) in [5.74, 6) is 0.0431. The van der Waals surface area contributed by atoms with Crippen molar-refractivity contribution < 1.29 is 19.7 Å². The highest BCUT2D eigenvalue weighted by Gasteiger charge is 2.56. The summed E-state index contributed by atoms with van der Waals surface area (Å²) in [6.45, 7) is 1.41.